The molecular formula is C26H41N3O4. The van der Waals surface area contributed by atoms with Crippen molar-refractivity contribution >= 4 is 17.5 Å². The molecule has 1 fully saturated rings. The van der Waals surface area contributed by atoms with E-state index in [0.717, 1.165) is 19.0 Å². The van der Waals surface area contributed by atoms with Crippen molar-refractivity contribution in [2.24, 2.45) is 11.8 Å². The molecule has 1 aliphatic heterocycles. The third-order valence-corrected chi connectivity index (χ3v) is 7.11. The maximum absolute atomic E-state index is 13.3. The highest BCUT2D eigenvalue weighted by Gasteiger charge is 2.29. The maximum atomic E-state index is 13.3. The molecule has 1 aromatic carbocycles. The number of amides is 2. The van der Waals surface area contributed by atoms with Crippen molar-refractivity contribution in [1.82, 2.24) is 9.80 Å². The summed E-state index contributed by atoms with van der Waals surface area (Å²) in [5, 5.41) is 2.79. The molecule has 0 bridgehead atoms. The molecule has 1 saturated carbocycles. The first kappa shape index (κ1) is 25.5. The summed E-state index contributed by atoms with van der Waals surface area (Å²) in [6.45, 7) is 8.84. The Kier molecular flexibility index (Phi) is 9.15. The van der Waals surface area contributed by atoms with E-state index in [9.17, 15) is 9.59 Å². The second-order valence-electron chi connectivity index (χ2n) is 9.95. The average molecular weight is 460 g/mol. The molecule has 1 aromatic rings. The van der Waals surface area contributed by atoms with Crippen molar-refractivity contribution in [2.45, 2.75) is 65.0 Å². The van der Waals surface area contributed by atoms with Crippen molar-refractivity contribution in [3.8, 4) is 5.75 Å². The molecule has 7 nitrogen and oxygen atoms in total. The first-order chi connectivity index (χ1) is 15.8. The van der Waals surface area contributed by atoms with Crippen LogP contribution in [0, 0.1) is 11.8 Å². The van der Waals surface area contributed by atoms with E-state index in [4.69, 9.17) is 9.47 Å². The van der Waals surface area contributed by atoms with Crippen molar-refractivity contribution < 1.29 is 19.1 Å². The number of nitrogens with zero attached hydrogens (tertiary/aromatic N) is 2. The number of methoxy groups -OCH3 is 1. The van der Waals surface area contributed by atoms with Gasteiger partial charge in [0.15, 0.2) is 0 Å². The Bertz CT molecular complexity index is 809. The fourth-order valence-electron chi connectivity index (χ4n) is 5.08. The van der Waals surface area contributed by atoms with Gasteiger partial charge in [0.25, 0.3) is 5.91 Å². The minimum absolute atomic E-state index is 0.0533. The molecule has 0 saturated heterocycles. The van der Waals surface area contributed by atoms with Crippen LogP contribution in [0.5, 0.6) is 5.75 Å². The molecular weight excluding hydrogens is 418 g/mol. The summed E-state index contributed by atoms with van der Waals surface area (Å²) in [5.74, 6) is 1.24. The SMILES string of the molecule is CO[C@H]1CN(C)C(=O)c2ccc(NC(C)=O)cc2OC[C@H](C)N(CC2CCCCC2)C[C@H]1C. The lowest BCUT2D eigenvalue weighted by molar-refractivity contribution is -0.114. The topological polar surface area (TPSA) is 71.1 Å². The second-order valence-corrected chi connectivity index (χ2v) is 9.95. The molecule has 0 unspecified atom stereocenters. The molecule has 184 valence electrons. The van der Waals surface area contributed by atoms with Crippen molar-refractivity contribution in [3.63, 3.8) is 0 Å². The summed E-state index contributed by atoms with van der Waals surface area (Å²) in [6.07, 6.45) is 6.55. The smallest absolute Gasteiger partial charge is 0.257 e. The first-order valence-electron chi connectivity index (χ1n) is 12.3. The van der Waals surface area contributed by atoms with Crippen molar-refractivity contribution in [2.75, 3.05) is 45.7 Å². The predicted molar refractivity (Wildman–Crippen MR) is 131 cm³/mol. The lowest BCUT2D eigenvalue weighted by atomic mass is 9.88. The number of benzene rings is 1. The van der Waals surface area contributed by atoms with Gasteiger partial charge in [-0.3, -0.25) is 14.5 Å². The summed E-state index contributed by atoms with van der Waals surface area (Å²) in [7, 11) is 3.54. The highest BCUT2D eigenvalue weighted by atomic mass is 16.5. The number of nitrogens with one attached hydrogen (secondary N) is 1. The number of hydrogen-bond donors (Lipinski definition) is 1. The van der Waals surface area contributed by atoms with Crippen LogP contribution in [0.2, 0.25) is 0 Å². The van der Waals surface area contributed by atoms with E-state index in [-0.39, 0.29) is 29.9 Å². The van der Waals surface area contributed by atoms with Gasteiger partial charge in [-0.2, -0.15) is 0 Å². The van der Waals surface area contributed by atoms with Crippen LogP contribution in [0.25, 0.3) is 0 Å². The van der Waals surface area contributed by atoms with Crippen LogP contribution < -0.4 is 10.1 Å². The van der Waals surface area contributed by atoms with E-state index in [2.05, 4.69) is 24.1 Å². The number of anilines is 1. The van der Waals surface area contributed by atoms with E-state index >= 15 is 0 Å². The van der Waals surface area contributed by atoms with Crippen LogP contribution in [-0.2, 0) is 9.53 Å². The molecule has 33 heavy (non-hydrogen) atoms. The molecule has 0 spiro atoms. The second kappa shape index (κ2) is 11.8. The van der Waals surface area contributed by atoms with E-state index in [1.54, 1.807) is 37.3 Å². The largest absolute Gasteiger partial charge is 0.491 e. The molecule has 0 aromatic heterocycles. The summed E-state index contributed by atoms with van der Waals surface area (Å²) in [6, 6.07) is 5.43. The number of carbonyl (C=O) groups excluding carboxylic acids is 2. The van der Waals surface area contributed by atoms with Crippen LogP contribution in [0.1, 0.15) is 63.2 Å². The summed E-state index contributed by atoms with van der Waals surface area (Å²) >= 11 is 0. The van der Waals surface area contributed by atoms with Crippen LogP contribution in [-0.4, -0.2) is 74.2 Å². The zero-order valence-corrected chi connectivity index (χ0v) is 20.9. The number of fused-ring (bicyclic) bond motifs is 1. The Morgan fingerprint density at radius 3 is 2.58 bits per heavy atom. The Labute approximate surface area is 198 Å². The number of ether oxygens (including phenoxy) is 2. The highest BCUT2D eigenvalue weighted by Crippen LogP contribution is 2.29. The molecule has 3 atom stereocenters. The third-order valence-electron chi connectivity index (χ3n) is 7.11. The standard InChI is InChI=1S/C26H41N3O4/c1-18-14-29(15-21-9-7-6-8-10-21)19(2)17-33-24-13-22(27-20(3)30)11-12-23(24)26(31)28(4)16-25(18)32-5/h11-13,18-19,21,25H,6-10,14-17H2,1-5H3,(H,27,30)/t18-,19+,25+/m1/s1. The van der Waals surface area contributed by atoms with Crippen molar-refractivity contribution in [3.05, 3.63) is 23.8 Å². The van der Waals surface area contributed by atoms with E-state index < -0.39 is 0 Å². The van der Waals surface area contributed by atoms with E-state index in [0.29, 0.717) is 30.2 Å². The zero-order valence-electron chi connectivity index (χ0n) is 20.9. The Hall–Kier alpha value is -2.12. The molecule has 2 aliphatic rings. The van der Waals surface area contributed by atoms with Gasteiger partial charge in [-0.15, -0.1) is 0 Å². The molecule has 7 heteroatoms. The zero-order chi connectivity index (χ0) is 24.0. The minimum Gasteiger partial charge on any atom is -0.491 e. The summed E-state index contributed by atoms with van der Waals surface area (Å²) < 4.78 is 12.1. The summed E-state index contributed by atoms with van der Waals surface area (Å²) in [5.41, 5.74) is 1.12. The molecule has 0 radical (unpaired) electrons. The van der Waals surface area contributed by atoms with Gasteiger partial charge in [-0.05, 0) is 43.7 Å². The number of likely N-dealkylation sites (N-methyl/N-ethyl adjacent to an activating group) is 1. The van der Waals surface area contributed by atoms with Gasteiger partial charge in [0.2, 0.25) is 5.91 Å². The van der Waals surface area contributed by atoms with Crippen molar-refractivity contribution in [1.29, 1.82) is 0 Å². The molecule has 1 heterocycles. The molecule has 3 rings (SSSR count). The highest BCUT2D eigenvalue weighted by molar-refractivity contribution is 5.98. The van der Waals surface area contributed by atoms with Gasteiger partial charge in [0.05, 0.1) is 11.7 Å². The van der Waals surface area contributed by atoms with Crippen LogP contribution in [0.4, 0.5) is 5.69 Å². The van der Waals surface area contributed by atoms with Crippen LogP contribution in [0.15, 0.2) is 18.2 Å². The first-order valence-corrected chi connectivity index (χ1v) is 12.3. The molecule has 2 amide bonds. The van der Waals surface area contributed by atoms with Gasteiger partial charge in [0, 0.05) is 58.5 Å². The van der Waals surface area contributed by atoms with Gasteiger partial charge >= 0.3 is 0 Å². The number of carbonyl (C=O) groups is 2. The number of hydrogen-bond acceptors (Lipinski definition) is 5. The fraction of sp³-hybridized carbons (Fsp3) is 0.692. The average Bonchev–Trinajstić information content (AvgIpc) is 2.79. The molecule has 1 aliphatic carbocycles. The number of rotatable bonds is 4. The van der Waals surface area contributed by atoms with Gasteiger partial charge in [0.1, 0.15) is 12.4 Å². The Morgan fingerprint density at radius 2 is 1.91 bits per heavy atom. The van der Waals surface area contributed by atoms with Gasteiger partial charge in [-0.1, -0.05) is 26.2 Å². The predicted octanol–water partition coefficient (Wildman–Crippen LogP) is 4.03. The Morgan fingerprint density at radius 1 is 1.18 bits per heavy atom. The van der Waals surface area contributed by atoms with Gasteiger partial charge < -0.3 is 19.7 Å². The van der Waals surface area contributed by atoms with E-state index in [1.807, 2.05) is 0 Å². The van der Waals surface area contributed by atoms with Crippen LogP contribution in [0.3, 0.4) is 0 Å². The van der Waals surface area contributed by atoms with Crippen LogP contribution >= 0.6 is 0 Å². The monoisotopic (exact) mass is 459 g/mol. The minimum atomic E-state index is -0.157. The maximum Gasteiger partial charge on any atom is 0.257 e. The summed E-state index contributed by atoms with van der Waals surface area (Å²) in [4.78, 5) is 29.1. The molecule has 1 N–H and O–H groups in total. The quantitative estimate of drug-likeness (QED) is 0.736. The lowest BCUT2D eigenvalue weighted by Gasteiger charge is -2.38. The third kappa shape index (κ3) is 6.93. The van der Waals surface area contributed by atoms with Gasteiger partial charge in [-0.25, -0.2) is 0 Å². The fourth-order valence-corrected chi connectivity index (χ4v) is 5.08. The Balaban J connectivity index is 1.89. The lowest BCUT2D eigenvalue weighted by Crippen LogP contribution is -2.48. The van der Waals surface area contributed by atoms with E-state index in [1.165, 1.54) is 39.0 Å². The normalized spacial score (nSPS) is 26.0.